The fourth-order valence-corrected chi connectivity index (χ4v) is 2.69. The van der Waals surface area contributed by atoms with Crippen molar-refractivity contribution in [3.8, 4) is 0 Å². The first-order valence-electron chi connectivity index (χ1n) is 6.83. The van der Waals surface area contributed by atoms with E-state index in [2.05, 4.69) is 59.9 Å². The molecule has 0 spiro atoms. The molecule has 0 aliphatic carbocycles. The quantitative estimate of drug-likeness (QED) is 0.620. The molecule has 0 aromatic carbocycles. The largest absolute Gasteiger partial charge is 0.371 e. The summed E-state index contributed by atoms with van der Waals surface area (Å²) >= 11 is 0. The van der Waals surface area contributed by atoms with Crippen LogP contribution in [0.4, 0.5) is 0 Å². The molecule has 1 aliphatic rings. The lowest BCUT2D eigenvalue weighted by atomic mass is 9.84. The number of nitrogens with zero attached hydrogens (tertiary/aromatic N) is 2. The number of allylic oxidation sites excluding steroid dienone is 1. The van der Waals surface area contributed by atoms with Crippen molar-refractivity contribution in [2.24, 2.45) is 11.3 Å². The molecule has 3 nitrogen and oxygen atoms in total. The fraction of sp³-hybridized carbons (Fsp3) is 0.867. The lowest BCUT2D eigenvalue weighted by molar-refractivity contribution is -0.0753. The molecule has 0 unspecified atom stereocenters. The zero-order chi connectivity index (χ0) is 14.4. The van der Waals surface area contributed by atoms with Gasteiger partial charge in [-0.3, -0.25) is 5.84 Å². The van der Waals surface area contributed by atoms with Crippen molar-refractivity contribution in [2.45, 2.75) is 66.0 Å². The van der Waals surface area contributed by atoms with Crippen LogP contribution in [-0.2, 0) is 0 Å². The van der Waals surface area contributed by atoms with Gasteiger partial charge in [0.15, 0.2) is 0 Å². The molecular formula is C15H31N3. The third-order valence-corrected chi connectivity index (χ3v) is 3.55. The minimum Gasteiger partial charge on any atom is -0.371 e. The SMILES string of the molecule is C=C(CC(C)(C)C)N1CC(C)(N(N)C(C)(C)C)C1. The Kier molecular flexibility index (Phi) is 3.91. The van der Waals surface area contributed by atoms with E-state index in [9.17, 15) is 0 Å². The van der Waals surface area contributed by atoms with Crippen LogP contribution in [0.25, 0.3) is 0 Å². The summed E-state index contributed by atoms with van der Waals surface area (Å²) in [6.45, 7) is 21.6. The van der Waals surface area contributed by atoms with E-state index in [1.807, 2.05) is 5.01 Å². The lowest BCUT2D eigenvalue weighted by Gasteiger charge is -2.57. The van der Waals surface area contributed by atoms with E-state index >= 15 is 0 Å². The number of likely N-dealkylation sites (tertiary alicyclic amines) is 1. The Balaban J connectivity index is 2.55. The normalized spacial score (nSPS) is 19.9. The molecule has 1 aliphatic heterocycles. The van der Waals surface area contributed by atoms with E-state index in [1.165, 1.54) is 5.70 Å². The Morgan fingerprint density at radius 1 is 1.22 bits per heavy atom. The molecule has 1 fully saturated rings. The summed E-state index contributed by atoms with van der Waals surface area (Å²) in [6.07, 6.45) is 1.04. The van der Waals surface area contributed by atoms with Crippen LogP contribution in [0.3, 0.4) is 0 Å². The molecule has 1 rings (SSSR count). The topological polar surface area (TPSA) is 32.5 Å². The molecule has 0 atom stereocenters. The van der Waals surface area contributed by atoms with Crippen LogP contribution in [0.5, 0.6) is 0 Å². The molecule has 18 heavy (non-hydrogen) atoms. The van der Waals surface area contributed by atoms with Crippen LogP contribution in [0.1, 0.15) is 54.9 Å². The molecule has 0 bridgehead atoms. The van der Waals surface area contributed by atoms with Crippen molar-refractivity contribution in [3.63, 3.8) is 0 Å². The van der Waals surface area contributed by atoms with Crippen LogP contribution in [-0.4, -0.2) is 34.1 Å². The second-order valence-electron chi connectivity index (χ2n) is 8.20. The van der Waals surface area contributed by atoms with Gasteiger partial charge in [-0.15, -0.1) is 0 Å². The maximum absolute atomic E-state index is 6.26. The lowest BCUT2D eigenvalue weighted by Crippen LogP contribution is -2.73. The van der Waals surface area contributed by atoms with Crippen molar-refractivity contribution < 1.29 is 0 Å². The van der Waals surface area contributed by atoms with Gasteiger partial charge in [0.1, 0.15) is 0 Å². The second kappa shape index (κ2) is 4.53. The van der Waals surface area contributed by atoms with Crippen molar-refractivity contribution in [3.05, 3.63) is 12.3 Å². The van der Waals surface area contributed by atoms with Crippen LogP contribution in [0, 0.1) is 5.41 Å². The van der Waals surface area contributed by atoms with Gasteiger partial charge in [-0.1, -0.05) is 27.4 Å². The molecule has 1 heterocycles. The maximum atomic E-state index is 6.26. The van der Waals surface area contributed by atoms with Gasteiger partial charge in [-0.05, 0) is 39.5 Å². The first-order valence-corrected chi connectivity index (χ1v) is 6.83. The average Bonchev–Trinajstić information content (AvgIpc) is 2.07. The highest BCUT2D eigenvalue weighted by Crippen LogP contribution is 2.35. The van der Waals surface area contributed by atoms with Crippen LogP contribution in [0.15, 0.2) is 12.3 Å². The first-order chi connectivity index (χ1) is 7.85. The standard InChI is InChI=1S/C15H31N3/c1-12(9-13(2,3)4)17-10-15(8,11-17)18(16)14(5,6)7/h1,9-11,16H2,2-8H3. The third kappa shape index (κ3) is 3.48. The zero-order valence-electron chi connectivity index (χ0n) is 13.3. The minimum atomic E-state index is 0.00615. The molecule has 0 amide bonds. The predicted molar refractivity (Wildman–Crippen MR) is 79.0 cm³/mol. The highest BCUT2D eigenvalue weighted by atomic mass is 15.5. The summed E-state index contributed by atoms with van der Waals surface area (Å²) in [4.78, 5) is 2.36. The van der Waals surface area contributed by atoms with E-state index < -0.39 is 0 Å². The Labute approximate surface area is 113 Å². The highest BCUT2D eigenvalue weighted by molar-refractivity contribution is 5.11. The highest BCUT2D eigenvalue weighted by Gasteiger charge is 2.46. The number of nitrogens with two attached hydrogens (primary N) is 1. The van der Waals surface area contributed by atoms with Crippen LogP contribution >= 0.6 is 0 Å². The van der Waals surface area contributed by atoms with Crippen molar-refractivity contribution in [1.29, 1.82) is 0 Å². The molecule has 0 radical (unpaired) electrons. The minimum absolute atomic E-state index is 0.00615. The number of hydrogen-bond acceptors (Lipinski definition) is 3. The van der Waals surface area contributed by atoms with E-state index in [-0.39, 0.29) is 11.1 Å². The molecule has 0 saturated carbocycles. The van der Waals surface area contributed by atoms with E-state index in [1.54, 1.807) is 0 Å². The Hall–Kier alpha value is -0.540. The molecule has 0 aromatic rings. The summed E-state index contributed by atoms with van der Waals surface area (Å²) < 4.78 is 0. The van der Waals surface area contributed by atoms with Gasteiger partial charge >= 0.3 is 0 Å². The van der Waals surface area contributed by atoms with Crippen molar-refractivity contribution in [1.82, 2.24) is 9.91 Å². The summed E-state index contributed by atoms with van der Waals surface area (Å²) in [6, 6.07) is 0. The summed E-state index contributed by atoms with van der Waals surface area (Å²) in [5, 5.41) is 2.00. The monoisotopic (exact) mass is 253 g/mol. The van der Waals surface area contributed by atoms with Crippen LogP contribution in [0.2, 0.25) is 0 Å². The predicted octanol–water partition coefficient (Wildman–Crippen LogP) is 2.98. The summed E-state index contributed by atoms with van der Waals surface area (Å²) in [7, 11) is 0. The van der Waals surface area contributed by atoms with E-state index in [4.69, 9.17) is 5.84 Å². The first kappa shape index (κ1) is 15.5. The molecular weight excluding hydrogens is 222 g/mol. The van der Waals surface area contributed by atoms with Gasteiger partial charge in [0.2, 0.25) is 0 Å². The third-order valence-electron chi connectivity index (χ3n) is 3.55. The van der Waals surface area contributed by atoms with Gasteiger partial charge in [-0.2, -0.15) is 0 Å². The van der Waals surface area contributed by atoms with Gasteiger partial charge in [0.25, 0.3) is 0 Å². The van der Waals surface area contributed by atoms with Gasteiger partial charge < -0.3 is 4.90 Å². The summed E-state index contributed by atoms with van der Waals surface area (Å²) in [5.41, 5.74) is 1.61. The van der Waals surface area contributed by atoms with Crippen molar-refractivity contribution >= 4 is 0 Å². The summed E-state index contributed by atoms with van der Waals surface area (Å²) in [5.74, 6) is 6.26. The number of hydrogen-bond donors (Lipinski definition) is 1. The van der Waals surface area contributed by atoms with Gasteiger partial charge in [0, 0.05) is 24.3 Å². The second-order valence-corrected chi connectivity index (χ2v) is 8.20. The Morgan fingerprint density at radius 3 is 2.00 bits per heavy atom. The molecule has 2 N–H and O–H groups in total. The van der Waals surface area contributed by atoms with Crippen molar-refractivity contribution in [2.75, 3.05) is 13.1 Å². The van der Waals surface area contributed by atoms with Gasteiger partial charge in [0.05, 0.1) is 5.54 Å². The Morgan fingerprint density at radius 2 is 1.67 bits per heavy atom. The molecule has 3 heteroatoms. The maximum Gasteiger partial charge on any atom is 0.0678 e. The zero-order valence-corrected chi connectivity index (χ0v) is 13.3. The smallest absolute Gasteiger partial charge is 0.0678 e. The van der Waals surface area contributed by atoms with Crippen LogP contribution < -0.4 is 5.84 Å². The van der Waals surface area contributed by atoms with Gasteiger partial charge in [-0.25, -0.2) is 5.01 Å². The molecule has 106 valence electrons. The van der Waals surface area contributed by atoms with E-state index in [0.29, 0.717) is 5.41 Å². The Bertz CT molecular complexity index is 314. The number of hydrazine groups is 1. The molecule has 1 saturated heterocycles. The average molecular weight is 253 g/mol. The number of rotatable bonds is 3. The fourth-order valence-electron chi connectivity index (χ4n) is 2.69. The molecule has 0 aromatic heterocycles. The van der Waals surface area contributed by atoms with E-state index in [0.717, 1.165) is 19.5 Å².